The van der Waals surface area contributed by atoms with Gasteiger partial charge in [-0.1, -0.05) is 36.4 Å². The van der Waals surface area contributed by atoms with Gasteiger partial charge in [0.25, 0.3) is 0 Å². The molecule has 0 saturated carbocycles. The molecule has 1 aliphatic heterocycles. The predicted octanol–water partition coefficient (Wildman–Crippen LogP) is 4.84. The molecule has 4 heteroatoms. The van der Waals surface area contributed by atoms with Gasteiger partial charge in [-0.05, 0) is 48.0 Å². The number of amides is 2. The van der Waals surface area contributed by atoms with E-state index in [0.717, 1.165) is 28.4 Å². The minimum absolute atomic E-state index is 0.120. The summed E-state index contributed by atoms with van der Waals surface area (Å²) in [6.07, 6.45) is 0. The van der Waals surface area contributed by atoms with Gasteiger partial charge in [0.2, 0.25) is 0 Å². The summed E-state index contributed by atoms with van der Waals surface area (Å²) in [6.45, 7) is 0.490. The maximum Gasteiger partial charge on any atom is 0.326 e. The minimum Gasteiger partial charge on any atom is -0.457 e. The van der Waals surface area contributed by atoms with Crippen molar-refractivity contribution < 1.29 is 9.53 Å². The summed E-state index contributed by atoms with van der Waals surface area (Å²) in [5.74, 6) is 1.54. The summed E-state index contributed by atoms with van der Waals surface area (Å²) in [5.41, 5.74) is 2.74. The lowest BCUT2D eigenvalue weighted by Crippen LogP contribution is -2.41. The van der Waals surface area contributed by atoms with Crippen LogP contribution >= 0.6 is 0 Å². The molecule has 24 heavy (non-hydrogen) atoms. The van der Waals surface area contributed by atoms with E-state index in [1.165, 1.54) is 0 Å². The number of hydrogen-bond acceptors (Lipinski definition) is 2. The van der Waals surface area contributed by atoms with E-state index in [1.54, 1.807) is 4.90 Å². The molecule has 1 N–H and O–H groups in total. The number of nitrogens with one attached hydrogen (secondary N) is 1. The van der Waals surface area contributed by atoms with Crippen LogP contribution in [0.3, 0.4) is 0 Å². The summed E-state index contributed by atoms with van der Waals surface area (Å²) in [5, 5.41) is 2.91. The molecule has 0 bridgehead atoms. The lowest BCUT2D eigenvalue weighted by atomic mass is 10.1. The first kappa shape index (κ1) is 14.3. The molecule has 1 aliphatic rings. The fourth-order valence-electron chi connectivity index (χ4n) is 2.80. The predicted molar refractivity (Wildman–Crippen MR) is 93.8 cm³/mol. The number of ether oxygens (including phenoxy) is 1. The van der Waals surface area contributed by atoms with E-state index in [4.69, 9.17) is 4.74 Å². The van der Waals surface area contributed by atoms with Crippen molar-refractivity contribution in [3.63, 3.8) is 0 Å². The number of para-hydroxylation sites is 2. The Labute approximate surface area is 140 Å². The van der Waals surface area contributed by atoms with Gasteiger partial charge in [0.05, 0.1) is 11.4 Å². The van der Waals surface area contributed by atoms with Crippen molar-refractivity contribution in [2.24, 2.45) is 0 Å². The molecule has 1 heterocycles. The number of anilines is 2. The van der Waals surface area contributed by atoms with Gasteiger partial charge in [-0.25, -0.2) is 4.79 Å². The standard InChI is InChI=1S/C20H16N2O2/c23-20-21-14-15-13-18(24-17-9-5-2-6-10-17)11-12-19(15)22(20)16-7-3-1-4-8-16/h1-13H,14H2,(H,21,23). The molecule has 0 saturated heterocycles. The second-order valence-electron chi connectivity index (χ2n) is 5.54. The highest BCUT2D eigenvalue weighted by Crippen LogP contribution is 2.34. The Morgan fingerprint density at radius 2 is 1.54 bits per heavy atom. The Hall–Kier alpha value is -3.27. The number of rotatable bonds is 3. The average Bonchev–Trinajstić information content (AvgIpc) is 2.63. The van der Waals surface area contributed by atoms with Crippen molar-refractivity contribution in [3.8, 4) is 11.5 Å². The van der Waals surface area contributed by atoms with Crippen LogP contribution in [0.4, 0.5) is 16.2 Å². The number of hydrogen-bond donors (Lipinski definition) is 1. The van der Waals surface area contributed by atoms with Gasteiger partial charge < -0.3 is 10.1 Å². The number of fused-ring (bicyclic) bond motifs is 1. The normalized spacial score (nSPS) is 13.2. The smallest absolute Gasteiger partial charge is 0.326 e. The molecule has 3 aromatic rings. The third kappa shape index (κ3) is 2.70. The van der Waals surface area contributed by atoms with Crippen molar-refractivity contribution in [3.05, 3.63) is 84.4 Å². The minimum atomic E-state index is -0.120. The molecule has 0 radical (unpaired) electrons. The van der Waals surface area contributed by atoms with Crippen LogP contribution in [0.5, 0.6) is 11.5 Å². The van der Waals surface area contributed by atoms with Gasteiger partial charge >= 0.3 is 6.03 Å². The molecule has 4 nitrogen and oxygen atoms in total. The maximum absolute atomic E-state index is 12.3. The van der Waals surface area contributed by atoms with Crippen LogP contribution in [0.25, 0.3) is 0 Å². The molecule has 0 atom stereocenters. The Morgan fingerprint density at radius 1 is 0.833 bits per heavy atom. The summed E-state index contributed by atoms with van der Waals surface area (Å²) in [6, 6.07) is 24.9. The zero-order valence-corrected chi connectivity index (χ0v) is 13.0. The Bertz CT molecular complexity index is 863. The van der Waals surface area contributed by atoms with E-state index in [-0.39, 0.29) is 6.03 Å². The number of urea groups is 1. The lowest BCUT2D eigenvalue weighted by molar-refractivity contribution is 0.247. The summed E-state index contributed by atoms with van der Waals surface area (Å²) >= 11 is 0. The number of benzene rings is 3. The highest BCUT2D eigenvalue weighted by atomic mass is 16.5. The second-order valence-corrected chi connectivity index (χ2v) is 5.54. The fourth-order valence-corrected chi connectivity index (χ4v) is 2.80. The van der Waals surface area contributed by atoms with Crippen LogP contribution in [0.2, 0.25) is 0 Å². The molecular weight excluding hydrogens is 300 g/mol. The number of nitrogens with zero attached hydrogens (tertiary/aromatic N) is 1. The zero-order valence-electron chi connectivity index (χ0n) is 13.0. The number of carbonyl (C=O) groups excluding carboxylic acids is 1. The van der Waals surface area contributed by atoms with E-state index >= 15 is 0 Å². The molecule has 0 fully saturated rings. The van der Waals surface area contributed by atoms with E-state index in [1.807, 2.05) is 78.9 Å². The lowest BCUT2D eigenvalue weighted by Gasteiger charge is -2.30. The molecule has 0 unspecified atom stereocenters. The van der Waals surface area contributed by atoms with Gasteiger partial charge in [0.15, 0.2) is 0 Å². The molecule has 0 spiro atoms. The molecule has 0 aliphatic carbocycles. The molecule has 4 rings (SSSR count). The summed E-state index contributed by atoms with van der Waals surface area (Å²) in [4.78, 5) is 14.0. The van der Waals surface area contributed by atoms with E-state index in [0.29, 0.717) is 6.54 Å². The van der Waals surface area contributed by atoms with E-state index < -0.39 is 0 Å². The van der Waals surface area contributed by atoms with E-state index in [2.05, 4.69) is 5.32 Å². The van der Waals surface area contributed by atoms with Crippen molar-refractivity contribution in [1.29, 1.82) is 0 Å². The van der Waals surface area contributed by atoms with Crippen LogP contribution in [-0.4, -0.2) is 6.03 Å². The highest BCUT2D eigenvalue weighted by molar-refractivity contribution is 6.01. The highest BCUT2D eigenvalue weighted by Gasteiger charge is 2.25. The third-order valence-corrected chi connectivity index (χ3v) is 3.92. The van der Waals surface area contributed by atoms with Crippen LogP contribution in [0, 0.1) is 0 Å². The summed E-state index contributed by atoms with van der Waals surface area (Å²) < 4.78 is 5.88. The first-order chi connectivity index (χ1) is 11.8. The van der Waals surface area contributed by atoms with Gasteiger partial charge in [0, 0.05) is 6.54 Å². The van der Waals surface area contributed by atoms with Gasteiger partial charge in [0.1, 0.15) is 11.5 Å². The van der Waals surface area contributed by atoms with Crippen LogP contribution in [0.15, 0.2) is 78.9 Å². The molecule has 0 aromatic heterocycles. The zero-order chi connectivity index (χ0) is 16.4. The maximum atomic E-state index is 12.3. The van der Waals surface area contributed by atoms with Crippen LogP contribution in [0.1, 0.15) is 5.56 Å². The first-order valence-corrected chi connectivity index (χ1v) is 7.80. The second kappa shape index (κ2) is 6.08. The monoisotopic (exact) mass is 316 g/mol. The Morgan fingerprint density at radius 3 is 2.29 bits per heavy atom. The number of carbonyl (C=O) groups is 1. The Balaban J connectivity index is 1.68. The quantitative estimate of drug-likeness (QED) is 0.751. The Kier molecular flexibility index (Phi) is 3.63. The third-order valence-electron chi connectivity index (χ3n) is 3.92. The van der Waals surface area contributed by atoms with Crippen molar-refractivity contribution in [1.82, 2.24) is 5.32 Å². The molecule has 118 valence electrons. The SMILES string of the molecule is O=C1NCc2cc(Oc3ccccc3)ccc2N1c1ccccc1. The van der Waals surface area contributed by atoms with E-state index in [9.17, 15) is 4.79 Å². The largest absolute Gasteiger partial charge is 0.457 e. The van der Waals surface area contributed by atoms with Crippen LogP contribution in [-0.2, 0) is 6.54 Å². The molecular formula is C20H16N2O2. The first-order valence-electron chi connectivity index (χ1n) is 7.80. The fraction of sp³-hybridized carbons (Fsp3) is 0.0500. The topological polar surface area (TPSA) is 41.6 Å². The van der Waals surface area contributed by atoms with Crippen molar-refractivity contribution in [2.75, 3.05) is 4.90 Å². The van der Waals surface area contributed by atoms with Gasteiger partial charge in [-0.3, -0.25) is 4.90 Å². The van der Waals surface area contributed by atoms with Crippen LogP contribution < -0.4 is 15.0 Å². The molecule has 2 amide bonds. The summed E-state index contributed by atoms with van der Waals surface area (Å²) in [7, 11) is 0. The van der Waals surface area contributed by atoms with Crippen molar-refractivity contribution in [2.45, 2.75) is 6.54 Å². The molecule has 3 aromatic carbocycles. The van der Waals surface area contributed by atoms with Gasteiger partial charge in [-0.2, -0.15) is 0 Å². The van der Waals surface area contributed by atoms with Crippen molar-refractivity contribution >= 4 is 17.4 Å². The van der Waals surface area contributed by atoms with Gasteiger partial charge in [-0.15, -0.1) is 0 Å². The average molecular weight is 316 g/mol.